The lowest BCUT2D eigenvalue weighted by Crippen LogP contribution is -2.56. The standard InChI is InChI=1S/C25H36N4O3/c1-25(2,21-8-4-3-5-9-21)23(31)27-18-16-26(17-19-27)22(30)20-10-14-29(15-11-20)24(32)28-12-6-7-13-28/h3-5,8-9,20H,6-7,10-19H2,1-2H3. The van der Waals surface area contributed by atoms with E-state index in [1.54, 1.807) is 0 Å². The van der Waals surface area contributed by atoms with Crippen molar-refractivity contribution >= 4 is 17.8 Å². The van der Waals surface area contributed by atoms with Gasteiger partial charge < -0.3 is 19.6 Å². The van der Waals surface area contributed by atoms with Crippen LogP contribution < -0.4 is 0 Å². The number of rotatable bonds is 3. The van der Waals surface area contributed by atoms with E-state index >= 15 is 0 Å². The van der Waals surface area contributed by atoms with Crippen molar-refractivity contribution in [3.8, 4) is 0 Å². The van der Waals surface area contributed by atoms with Gasteiger partial charge >= 0.3 is 6.03 Å². The number of hydrogen-bond donors (Lipinski definition) is 0. The third-order valence-electron chi connectivity index (χ3n) is 7.40. The molecule has 0 aliphatic carbocycles. The maximum absolute atomic E-state index is 13.2. The van der Waals surface area contributed by atoms with Gasteiger partial charge in [-0.05, 0) is 45.1 Å². The Morgan fingerprint density at radius 1 is 0.719 bits per heavy atom. The fraction of sp³-hybridized carbons (Fsp3) is 0.640. The Morgan fingerprint density at radius 2 is 1.25 bits per heavy atom. The fourth-order valence-corrected chi connectivity index (χ4v) is 5.19. The third-order valence-corrected chi connectivity index (χ3v) is 7.40. The monoisotopic (exact) mass is 440 g/mol. The predicted molar refractivity (Wildman–Crippen MR) is 123 cm³/mol. The number of benzene rings is 1. The summed E-state index contributed by atoms with van der Waals surface area (Å²) in [6.45, 7) is 9.32. The molecule has 3 saturated heterocycles. The molecule has 32 heavy (non-hydrogen) atoms. The number of hydrogen-bond acceptors (Lipinski definition) is 3. The summed E-state index contributed by atoms with van der Waals surface area (Å²) < 4.78 is 0. The van der Waals surface area contributed by atoms with Gasteiger partial charge in [-0.2, -0.15) is 0 Å². The smallest absolute Gasteiger partial charge is 0.319 e. The summed E-state index contributed by atoms with van der Waals surface area (Å²) in [4.78, 5) is 46.5. The fourth-order valence-electron chi connectivity index (χ4n) is 5.19. The number of urea groups is 1. The van der Waals surface area contributed by atoms with Crippen LogP contribution in [0.25, 0.3) is 0 Å². The lowest BCUT2D eigenvalue weighted by atomic mass is 9.83. The lowest BCUT2D eigenvalue weighted by molar-refractivity contribution is -0.145. The first-order valence-corrected chi connectivity index (χ1v) is 12.1. The topological polar surface area (TPSA) is 64.2 Å². The second kappa shape index (κ2) is 9.51. The van der Waals surface area contributed by atoms with Crippen LogP contribution in [0.1, 0.15) is 45.1 Å². The molecule has 1 aromatic rings. The molecule has 3 heterocycles. The number of carbonyl (C=O) groups is 3. The maximum atomic E-state index is 13.2. The summed E-state index contributed by atoms with van der Waals surface area (Å²) in [6, 6.07) is 10.0. The van der Waals surface area contributed by atoms with Crippen LogP contribution in [0.2, 0.25) is 0 Å². The van der Waals surface area contributed by atoms with E-state index < -0.39 is 5.41 Å². The first kappa shape index (κ1) is 22.6. The van der Waals surface area contributed by atoms with E-state index in [-0.39, 0.29) is 23.8 Å². The highest BCUT2D eigenvalue weighted by Crippen LogP contribution is 2.27. The van der Waals surface area contributed by atoms with Crippen LogP contribution in [0.4, 0.5) is 4.79 Å². The Kier molecular flexibility index (Phi) is 6.72. The van der Waals surface area contributed by atoms with Crippen molar-refractivity contribution in [3.05, 3.63) is 35.9 Å². The van der Waals surface area contributed by atoms with Crippen LogP contribution in [-0.2, 0) is 15.0 Å². The maximum Gasteiger partial charge on any atom is 0.319 e. The van der Waals surface area contributed by atoms with Crippen molar-refractivity contribution in [1.82, 2.24) is 19.6 Å². The zero-order valence-electron chi connectivity index (χ0n) is 19.5. The number of piperazine rings is 1. The summed E-state index contributed by atoms with van der Waals surface area (Å²) in [5.41, 5.74) is 0.432. The first-order valence-electron chi connectivity index (χ1n) is 12.1. The van der Waals surface area contributed by atoms with Gasteiger partial charge in [-0.3, -0.25) is 9.59 Å². The second-order valence-corrected chi connectivity index (χ2v) is 9.85. The van der Waals surface area contributed by atoms with Gasteiger partial charge in [-0.25, -0.2) is 4.79 Å². The van der Waals surface area contributed by atoms with E-state index in [2.05, 4.69) is 0 Å². The van der Waals surface area contributed by atoms with Crippen LogP contribution in [-0.4, -0.2) is 89.8 Å². The highest BCUT2D eigenvalue weighted by atomic mass is 16.2. The van der Waals surface area contributed by atoms with E-state index in [1.165, 1.54) is 0 Å². The molecule has 0 spiro atoms. The number of nitrogens with zero attached hydrogens (tertiary/aromatic N) is 4. The summed E-state index contributed by atoms with van der Waals surface area (Å²) in [6.07, 6.45) is 3.66. The van der Waals surface area contributed by atoms with Crippen LogP contribution in [0.3, 0.4) is 0 Å². The molecule has 3 aliphatic heterocycles. The SMILES string of the molecule is CC(C)(C(=O)N1CCN(C(=O)C2CCN(C(=O)N3CCCC3)CC2)CC1)c1ccccc1. The van der Waals surface area contributed by atoms with Gasteiger partial charge in [-0.1, -0.05) is 30.3 Å². The van der Waals surface area contributed by atoms with Crippen molar-refractivity contribution in [3.63, 3.8) is 0 Å². The molecule has 0 bridgehead atoms. The predicted octanol–water partition coefficient (Wildman–Crippen LogP) is 2.56. The molecular weight excluding hydrogens is 404 g/mol. The van der Waals surface area contributed by atoms with Gasteiger partial charge in [0.05, 0.1) is 5.41 Å². The summed E-state index contributed by atoms with van der Waals surface area (Å²) in [5, 5.41) is 0. The highest BCUT2D eigenvalue weighted by Gasteiger charge is 2.37. The van der Waals surface area contributed by atoms with Crippen LogP contribution in [0.5, 0.6) is 0 Å². The molecular formula is C25H36N4O3. The molecule has 0 unspecified atom stereocenters. The average molecular weight is 441 g/mol. The van der Waals surface area contributed by atoms with E-state index in [0.29, 0.717) is 39.3 Å². The second-order valence-electron chi connectivity index (χ2n) is 9.85. The molecule has 7 heteroatoms. The molecule has 4 amide bonds. The zero-order chi connectivity index (χ0) is 22.7. The Bertz CT molecular complexity index is 819. The molecule has 0 N–H and O–H groups in total. The number of carbonyl (C=O) groups excluding carboxylic acids is 3. The quantitative estimate of drug-likeness (QED) is 0.726. The van der Waals surface area contributed by atoms with Gasteiger partial charge in [0.15, 0.2) is 0 Å². The summed E-state index contributed by atoms with van der Waals surface area (Å²) in [7, 11) is 0. The van der Waals surface area contributed by atoms with E-state index in [4.69, 9.17) is 0 Å². The molecule has 0 atom stereocenters. The van der Waals surface area contributed by atoms with Crippen molar-refractivity contribution in [2.24, 2.45) is 5.92 Å². The van der Waals surface area contributed by atoms with Gasteiger partial charge in [-0.15, -0.1) is 0 Å². The largest absolute Gasteiger partial charge is 0.339 e. The Labute approximate surface area is 191 Å². The number of amides is 4. The van der Waals surface area contributed by atoms with Crippen LogP contribution >= 0.6 is 0 Å². The summed E-state index contributed by atoms with van der Waals surface area (Å²) >= 11 is 0. The minimum Gasteiger partial charge on any atom is -0.339 e. The molecule has 0 aromatic heterocycles. The molecule has 174 valence electrons. The Hall–Kier alpha value is -2.57. The van der Waals surface area contributed by atoms with Crippen LogP contribution in [0.15, 0.2) is 30.3 Å². The van der Waals surface area contributed by atoms with Gasteiger partial charge in [0.1, 0.15) is 0 Å². The van der Waals surface area contributed by atoms with E-state index in [1.807, 2.05) is 63.8 Å². The highest BCUT2D eigenvalue weighted by molar-refractivity contribution is 5.88. The average Bonchev–Trinajstić information content (AvgIpc) is 3.38. The summed E-state index contributed by atoms with van der Waals surface area (Å²) in [5.74, 6) is 0.290. The third kappa shape index (κ3) is 4.62. The molecule has 7 nitrogen and oxygen atoms in total. The van der Waals surface area contributed by atoms with Crippen molar-refractivity contribution in [1.29, 1.82) is 0 Å². The molecule has 0 saturated carbocycles. The van der Waals surface area contributed by atoms with Crippen molar-refractivity contribution in [2.45, 2.75) is 44.9 Å². The minimum atomic E-state index is -0.581. The Morgan fingerprint density at radius 3 is 1.84 bits per heavy atom. The molecule has 1 aromatic carbocycles. The zero-order valence-corrected chi connectivity index (χ0v) is 19.5. The minimum absolute atomic E-state index is 0.0133. The van der Waals surface area contributed by atoms with E-state index in [9.17, 15) is 14.4 Å². The molecule has 3 fully saturated rings. The first-order chi connectivity index (χ1) is 15.4. The Balaban J connectivity index is 1.26. The normalized spacial score (nSPS) is 20.6. The van der Waals surface area contributed by atoms with Gasteiger partial charge in [0.2, 0.25) is 11.8 Å². The molecule has 0 radical (unpaired) electrons. The van der Waals surface area contributed by atoms with Gasteiger partial charge in [0.25, 0.3) is 0 Å². The molecule has 3 aliphatic rings. The number of piperidine rings is 1. The lowest BCUT2D eigenvalue weighted by Gasteiger charge is -2.41. The number of likely N-dealkylation sites (tertiary alicyclic amines) is 2. The van der Waals surface area contributed by atoms with Gasteiger partial charge in [0, 0.05) is 58.3 Å². The van der Waals surface area contributed by atoms with Crippen LogP contribution in [0, 0.1) is 5.92 Å². The van der Waals surface area contributed by atoms with E-state index in [0.717, 1.165) is 44.3 Å². The van der Waals surface area contributed by atoms with Crippen molar-refractivity contribution in [2.75, 3.05) is 52.4 Å². The molecule has 4 rings (SSSR count). The van der Waals surface area contributed by atoms with Crippen molar-refractivity contribution < 1.29 is 14.4 Å².